The third kappa shape index (κ3) is 4.42. The van der Waals surface area contributed by atoms with E-state index in [0.717, 1.165) is 17.9 Å². The van der Waals surface area contributed by atoms with Crippen molar-refractivity contribution in [3.63, 3.8) is 0 Å². The van der Waals surface area contributed by atoms with E-state index in [1.165, 1.54) is 0 Å². The van der Waals surface area contributed by atoms with Crippen molar-refractivity contribution < 1.29 is 14.7 Å². The molecule has 0 fully saturated rings. The molecule has 1 heterocycles. The van der Waals surface area contributed by atoms with Crippen molar-refractivity contribution in [1.29, 1.82) is 0 Å². The topological polar surface area (TPSA) is 91.3 Å². The van der Waals surface area contributed by atoms with Crippen LogP contribution in [0.3, 0.4) is 0 Å². The van der Waals surface area contributed by atoms with Crippen LogP contribution in [0, 0.1) is 6.92 Å². The van der Waals surface area contributed by atoms with Gasteiger partial charge in [0.2, 0.25) is 5.91 Å². The SMILES string of the molecule is CCNCCC(=O)NCc1nc(C)c(C(=O)O)s1. The number of hydrogen-bond acceptors (Lipinski definition) is 5. The summed E-state index contributed by atoms with van der Waals surface area (Å²) in [6.45, 7) is 5.38. The van der Waals surface area contributed by atoms with Crippen LogP contribution in [-0.2, 0) is 11.3 Å². The Morgan fingerprint density at radius 1 is 1.44 bits per heavy atom. The van der Waals surface area contributed by atoms with Crippen molar-refractivity contribution in [2.75, 3.05) is 13.1 Å². The Balaban J connectivity index is 2.41. The summed E-state index contributed by atoms with van der Waals surface area (Å²) in [5.74, 6) is -1.05. The first-order valence-corrected chi connectivity index (χ1v) is 6.53. The number of thiazole rings is 1. The Morgan fingerprint density at radius 3 is 2.72 bits per heavy atom. The minimum Gasteiger partial charge on any atom is -0.477 e. The maximum absolute atomic E-state index is 11.4. The van der Waals surface area contributed by atoms with Crippen molar-refractivity contribution in [2.24, 2.45) is 0 Å². The first kappa shape index (κ1) is 14.6. The average molecular weight is 271 g/mol. The number of rotatable bonds is 7. The average Bonchev–Trinajstić information content (AvgIpc) is 2.68. The fraction of sp³-hybridized carbons (Fsp3) is 0.545. The lowest BCUT2D eigenvalue weighted by Crippen LogP contribution is -2.27. The largest absolute Gasteiger partial charge is 0.477 e. The van der Waals surface area contributed by atoms with E-state index in [2.05, 4.69) is 15.6 Å². The van der Waals surface area contributed by atoms with Crippen LogP contribution in [0.1, 0.15) is 33.7 Å². The number of aromatic nitrogens is 1. The third-order valence-electron chi connectivity index (χ3n) is 2.25. The van der Waals surface area contributed by atoms with E-state index in [1.54, 1.807) is 6.92 Å². The molecule has 0 aliphatic rings. The summed E-state index contributed by atoms with van der Waals surface area (Å²) in [7, 11) is 0. The zero-order valence-corrected chi connectivity index (χ0v) is 11.3. The number of carboxylic acid groups (broad SMARTS) is 1. The van der Waals surface area contributed by atoms with E-state index < -0.39 is 5.97 Å². The molecule has 1 aromatic heterocycles. The van der Waals surface area contributed by atoms with Crippen LogP contribution in [0.25, 0.3) is 0 Å². The predicted octanol–water partition coefficient (Wildman–Crippen LogP) is 0.766. The van der Waals surface area contributed by atoms with E-state index in [1.807, 2.05) is 6.92 Å². The molecular formula is C11H17N3O3S. The van der Waals surface area contributed by atoms with Gasteiger partial charge in [0.05, 0.1) is 12.2 Å². The molecule has 0 saturated heterocycles. The molecule has 1 amide bonds. The lowest BCUT2D eigenvalue weighted by molar-refractivity contribution is -0.121. The van der Waals surface area contributed by atoms with Crippen LogP contribution in [-0.4, -0.2) is 35.1 Å². The second kappa shape index (κ2) is 7.07. The van der Waals surface area contributed by atoms with Gasteiger partial charge in [-0.15, -0.1) is 11.3 Å². The molecule has 0 saturated carbocycles. The van der Waals surface area contributed by atoms with E-state index in [9.17, 15) is 9.59 Å². The van der Waals surface area contributed by atoms with Gasteiger partial charge in [0.15, 0.2) is 0 Å². The van der Waals surface area contributed by atoms with Gasteiger partial charge in [0.25, 0.3) is 0 Å². The van der Waals surface area contributed by atoms with Gasteiger partial charge in [0.1, 0.15) is 9.88 Å². The molecule has 0 radical (unpaired) electrons. The smallest absolute Gasteiger partial charge is 0.347 e. The summed E-state index contributed by atoms with van der Waals surface area (Å²) in [6.07, 6.45) is 0.407. The van der Waals surface area contributed by atoms with E-state index in [0.29, 0.717) is 23.7 Å². The van der Waals surface area contributed by atoms with Gasteiger partial charge >= 0.3 is 5.97 Å². The number of carbonyl (C=O) groups is 2. The molecule has 0 aliphatic heterocycles. The molecule has 7 heteroatoms. The maximum Gasteiger partial charge on any atom is 0.347 e. The molecular weight excluding hydrogens is 254 g/mol. The summed E-state index contributed by atoms with van der Waals surface area (Å²) in [6, 6.07) is 0. The zero-order chi connectivity index (χ0) is 13.5. The minimum atomic E-state index is -0.977. The number of aromatic carboxylic acids is 1. The highest BCUT2D eigenvalue weighted by atomic mass is 32.1. The summed E-state index contributed by atoms with van der Waals surface area (Å²) in [4.78, 5) is 26.6. The molecule has 3 N–H and O–H groups in total. The highest BCUT2D eigenvalue weighted by Gasteiger charge is 2.14. The Kier molecular flexibility index (Phi) is 5.73. The Bertz CT molecular complexity index is 431. The second-order valence-electron chi connectivity index (χ2n) is 3.71. The van der Waals surface area contributed by atoms with Crippen LogP contribution < -0.4 is 10.6 Å². The molecule has 100 valence electrons. The molecule has 6 nitrogen and oxygen atoms in total. The Hall–Kier alpha value is -1.47. The van der Waals surface area contributed by atoms with Crippen molar-refractivity contribution in [3.8, 4) is 0 Å². The molecule has 1 aromatic rings. The minimum absolute atomic E-state index is 0.0688. The number of carbonyl (C=O) groups excluding carboxylic acids is 1. The molecule has 18 heavy (non-hydrogen) atoms. The molecule has 0 atom stereocenters. The van der Waals surface area contributed by atoms with Gasteiger partial charge in [-0.05, 0) is 13.5 Å². The monoisotopic (exact) mass is 271 g/mol. The number of nitrogens with zero attached hydrogens (tertiary/aromatic N) is 1. The fourth-order valence-electron chi connectivity index (χ4n) is 1.37. The standard InChI is InChI=1S/C11H17N3O3S/c1-3-12-5-4-8(15)13-6-9-14-7(2)10(18-9)11(16)17/h12H,3-6H2,1-2H3,(H,13,15)(H,16,17). The van der Waals surface area contributed by atoms with Crippen LogP contribution in [0.2, 0.25) is 0 Å². The molecule has 1 rings (SSSR count). The lowest BCUT2D eigenvalue weighted by atomic mass is 10.4. The summed E-state index contributed by atoms with van der Waals surface area (Å²) in [5, 5.41) is 15.3. The molecule has 0 bridgehead atoms. The van der Waals surface area contributed by atoms with Crippen LogP contribution in [0.15, 0.2) is 0 Å². The lowest BCUT2D eigenvalue weighted by Gasteiger charge is -2.03. The van der Waals surface area contributed by atoms with E-state index in [-0.39, 0.29) is 17.3 Å². The van der Waals surface area contributed by atoms with Gasteiger partial charge in [-0.1, -0.05) is 6.92 Å². The molecule has 0 unspecified atom stereocenters. The van der Waals surface area contributed by atoms with Crippen LogP contribution >= 0.6 is 11.3 Å². The van der Waals surface area contributed by atoms with Crippen molar-refractivity contribution in [3.05, 3.63) is 15.6 Å². The van der Waals surface area contributed by atoms with Crippen LogP contribution in [0.5, 0.6) is 0 Å². The predicted molar refractivity (Wildman–Crippen MR) is 68.8 cm³/mol. The molecule has 0 aliphatic carbocycles. The van der Waals surface area contributed by atoms with Gasteiger partial charge in [-0.2, -0.15) is 0 Å². The zero-order valence-electron chi connectivity index (χ0n) is 10.4. The first-order chi connectivity index (χ1) is 8.54. The highest BCUT2D eigenvalue weighted by Crippen LogP contribution is 2.17. The van der Waals surface area contributed by atoms with E-state index >= 15 is 0 Å². The normalized spacial score (nSPS) is 10.3. The number of hydrogen-bond donors (Lipinski definition) is 3. The Labute approximate surface area is 109 Å². The maximum atomic E-state index is 11.4. The van der Waals surface area contributed by atoms with Gasteiger partial charge in [-0.3, -0.25) is 4.79 Å². The molecule has 0 aromatic carbocycles. The number of nitrogens with one attached hydrogen (secondary N) is 2. The molecule has 0 spiro atoms. The number of amides is 1. The summed E-state index contributed by atoms with van der Waals surface area (Å²) in [5.41, 5.74) is 0.490. The van der Waals surface area contributed by atoms with Gasteiger partial charge in [0, 0.05) is 13.0 Å². The third-order valence-corrected chi connectivity index (χ3v) is 3.40. The summed E-state index contributed by atoms with van der Waals surface area (Å²) >= 11 is 1.10. The number of aryl methyl sites for hydroxylation is 1. The Morgan fingerprint density at radius 2 is 2.17 bits per heavy atom. The highest BCUT2D eigenvalue weighted by molar-refractivity contribution is 7.13. The van der Waals surface area contributed by atoms with Gasteiger partial charge in [-0.25, -0.2) is 9.78 Å². The first-order valence-electron chi connectivity index (χ1n) is 5.71. The second-order valence-corrected chi connectivity index (χ2v) is 4.79. The van der Waals surface area contributed by atoms with Crippen molar-refractivity contribution in [2.45, 2.75) is 26.8 Å². The van der Waals surface area contributed by atoms with Crippen molar-refractivity contribution in [1.82, 2.24) is 15.6 Å². The number of carboxylic acids is 1. The van der Waals surface area contributed by atoms with E-state index in [4.69, 9.17) is 5.11 Å². The quantitative estimate of drug-likeness (QED) is 0.637. The van der Waals surface area contributed by atoms with Crippen LogP contribution in [0.4, 0.5) is 0 Å². The van der Waals surface area contributed by atoms with Crippen molar-refractivity contribution >= 4 is 23.2 Å². The fourth-order valence-corrected chi connectivity index (χ4v) is 2.21. The van der Waals surface area contributed by atoms with Gasteiger partial charge < -0.3 is 15.7 Å². The summed E-state index contributed by atoms with van der Waals surface area (Å²) < 4.78 is 0.